The van der Waals surface area contributed by atoms with Crippen LogP contribution in [0.15, 0.2) is 4.42 Å². The first-order valence-corrected chi connectivity index (χ1v) is 10.2. The number of piperidine rings is 2. The molecule has 0 spiro atoms. The molecule has 0 radical (unpaired) electrons. The minimum absolute atomic E-state index is 0.101. The second-order valence-electron chi connectivity index (χ2n) is 8.16. The summed E-state index contributed by atoms with van der Waals surface area (Å²) in [5, 5.41) is 8.07. The summed E-state index contributed by atoms with van der Waals surface area (Å²) in [6.45, 7) is 7.66. The fourth-order valence-corrected chi connectivity index (χ4v) is 4.72. The van der Waals surface area contributed by atoms with Crippen molar-refractivity contribution in [2.75, 3.05) is 57.9 Å². The largest absolute Gasteiger partial charge is 0.408 e. The number of likely N-dealkylation sites (tertiary alicyclic amines) is 1. The molecule has 8 nitrogen and oxygen atoms in total. The van der Waals surface area contributed by atoms with Crippen LogP contribution in [0.5, 0.6) is 0 Å². The second kappa shape index (κ2) is 8.14. The molecule has 0 aliphatic carbocycles. The van der Waals surface area contributed by atoms with Gasteiger partial charge in [-0.15, -0.1) is 5.10 Å². The van der Waals surface area contributed by atoms with Crippen LogP contribution in [-0.4, -0.2) is 84.9 Å². The van der Waals surface area contributed by atoms with Crippen LogP contribution in [0.3, 0.4) is 0 Å². The number of anilines is 1. The van der Waals surface area contributed by atoms with Crippen molar-refractivity contribution in [2.24, 2.45) is 11.8 Å². The summed E-state index contributed by atoms with van der Waals surface area (Å²) < 4.78 is 11.1. The molecule has 3 aliphatic rings. The number of hydrogen-bond acceptors (Lipinski definition) is 7. The number of aryl methyl sites for hydroxylation is 1. The topological polar surface area (TPSA) is 74.9 Å². The number of morpholine rings is 1. The Labute approximate surface area is 160 Å². The number of rotatable bonds is 3. The van der Waals surface area contributed by atoms with E-state index in [1.165, 1.54) is 12.8 Å². The van der Waals surface area contributed by atoms with Gasteiger partial charge in [-0.2, -0.15) is 0 Å². The highest BCUT2D eigenvalue weighted by Gasteiger charge is 2.35. The zero-order valence-corrected chi connectivity index (χ0v) is 16.5. The van der Waals surface area contributed by atoms with Gasteiger partial charge in [0.15, 0.2) is 0 Å². The Morgan fingerprint density at radius 1 is 1.00 bits per heavy atom. The summed E-state index contributed by atoms with van der Waals surface area (Å²) >= 11 is 0. The Morgan fingerprint density at radius 3 is 2.26 bits per heavy atom. The minimum Gasteiger partial charge on any atom is -0.408 e. The molecule has 3 saturated heterocycles. The fourth-order valence-electron chi connectivity index (χ4n) is 4.72. The van der Waals surface area contributed by atoms with Gasteiger partial charge in [-0.1, -0.05) is 5.10 Å². The van der Waals surface area contributed by atoms with E-state index in [1.54, 1.807) is 0 Å². The molecule has 3 aliphatic heterocycles. The molecule has 3 fully saturated rings. The van der Waals surface area contributed by atoms with Crippen LogP contribution in [0.4, 0.5) is 6.01 Å². The number of nitrogens with zero attached hydrogens (tertiary/aromatic N) is 5. The van der Waals surface area contributed by atoms with Crippen molar-refractivity contribution in [3.63, 3.8) is 0 Å². The van der Waals surface area contributed by atoms with E-state index < -0.39 is 0 Å². The molecule has 27 heavy (non-hydrogen) atoms. The van der Waals surface area contributed by atoms with Crippen LogP contribution in [-0.2, 0) is 9.53 Å². The molecule has 0 N–H and O–H groups in total. The van der Waals surface area contributed by atoms with Crippen molar-refractivity contribution < 1.29 is 13.9 Å². The van der Waals surface area contributed by atoms with E-state index in [-0.39, 0.29) is 11.9 Å². The Hall–Kier alpha value is -1.67. The summed E-state index contributed by atoms with van der Waals surface area (Å²) in [5.41, 5.74) is 0. The molecule has 0 unspecified atom stereocenters. The van der Waals surface area contributed by atoms with Gasteiger partial charge < -0.3 is 19.0 Å². The first kappa shape index (κ1) is 18.7. The third-order valence-electron chi connectivity index (χ3n) is 6.52. The van der Waals surface area contributed by atoms with Gasteiger partial charge in [0, 0.05) is 39.6 Å². The number of amides is 1. The lowest BCUT2D eigenvalue weighted by atomic mass is 9.79. The molecule has 1 amide bonds. The van der Waals surface area contributed by atoms with Gasteiger partial charge in [-0.3, -0.25) is 9.69 Å². The van der Waals surface area contributed by atoms with Gasteiger partial charge in [0.05, 0.1) is 13.2 Å². The molecule has 150 valence electrons. The van der Waals surface area contributed by atoms with Gasteiger partial charge in [-0.05, 0) is 44.6 Å². The van der Waals surface area contributed by atoms with Crippen molar-refractivity contribution in [2.45, 2.75) is 38.6 Å². The third-order valence-corrected chi connectivity index (χ3v) is 6.52. The maximum Gasteiger partial charge on any atom is 0.318 e. The molecule has 1 aromatic heterocycles. The van der Waals surface area contributed by atoms with Gasteiger partial charge in [0.2, 0.25) is 11.8 Å². The first-order chi connectivity index (χ1) is 13.1. The van der Waals surface area contributed by atoms with E-state index >= 15 is 0 Å². The summed E-state index contributed by atoms with van der Waals surface area (Å²) in [6, 6.07) is 0.557. The first-order valence-electron chi connectivity index (χ1n) is 10.2. The van der Waals surface area contributed by atoms with Crippen LogP contribution < -0.4 is 4.90 Å². The molecule has 0 bridgehead atoms. The predicted octanol–water partition coefficient (Wildman–Crippen LogP) is 1.16. The standard InChI is InChI=1S/C19H31N5O3/c1-14-20-21-19(27-14)24-9-5-16(6-10-24)15-3-7-23(8-4-15)18(25)17-13-26-12-11-22(17)2/h15-17H,3-13H2,1-2H3/t17-/m0/s1. The van der Waals surface area contributed by atoms with Gasteiger partial charge in [0.1, 0.15) is 6.04 Å². The second-order valence-corrected chi connectivity index (χ2v) is 8.16. The fraction of sp³-hybridized carbons (Fsp3) is 0.842. The van der Waals surface area contributed by atoms with Crippen LogP contribution in [0.1, 0.15) is 31.6 Å². The number of ether oxygens (including phenoxy) is 1. The molecule has 0 aromatic carbocycles. The number of likely N-dealkylation sites (N-methyl/N-ethyl adjacent to an activating group) is 1. The van der Waals surface area contributed by atoms with E-state index in [4.69, 9.17) is 9.15 Å². The predicted molar refractivity (Wildman–Crippen MR) is 101 cm³/mol. The van der Waals surface area contributed by atoms with Crippen LogP contribution in [0.25, 0.3) is 0 Å². The van der Waals surface area contributed by atoms with Gasteiger partial charge in [0.25, 0.3) is 0 Å². The number of aromatic nitrogens is 2. The molecule has 4 heterocycles. The average Bonchev–Trinajstić information content (AvgIpc) is 3.14. The smallest absolute Gasteiger partial charge is 0.318 e. The third kappa shape index (κ3) is 4.11. The van der Waals surface area contributed by atoms with E-state index in [0.29, 0.717) is 18.5 Å². The zero-order chi connectivity index (χ0) is 18.8. The highest BCUT2D eigenvalue weighted by Crippen LogP contribution is 2.33. The number of carbonyl (C=O) groups excluding carboxylic acids is 1. The van der Waals surface area contributed by atoms with Gasteiger partial charge >= 0.3 is 6.01 Å². The van der Waals surface area contributed by atoms with E-state index in [2.05, 4.69) is 24.9 Å². The van der Waals surface area contributed by atoms with Crippen molar-refractivity contribution in [3.8, 4) is 0 Å². The summed E-state index contributed by atoms with van der Waals surface area (Å²) in [4.78, 5) is 19.2. The van der Waals surface area contributed by atoms with Crippen molar-refractivity contribution in [1.82, 2.24) is 20.0 Å². The lowest BCUT2D eigenvalue weighted by molar-refractivity contribution is -0.143. The molecule has 0 saturated carbocycles. The van der Waals surface area contributed by atoms with E-state index in [1.807, 2.05) is 14.0 Å². The quantitative estimate of drug-likeness (QED) is 0.782. The van der Waals surface area contributed by atoms with Crippen molar-refractivity contribution >= 4 is 11.9 Å². The summed E-state index contributed by atoms with van der Waals surface area (Å²) in [5.74, 6) is 2.33. The maximum atomic E-state index is 12.8. The van der Waals surface area contributed by atoms with E-state index in [0.717, 1.165) is 64.0 Å². The summed E-state index contributed by atoms with van der Waals surface area (Å²) in [6.07, 6.45) is 4.57. The molecule has 4 rings (SSSR count). The molecular weight excluding hydrogens is 346 g/mol. The minimum atomic E-state index is -0.101. The van der Waals surface area contributed by atoms with Crippen LogP contribution in [0, 0.1) is 18.8 Å². The normalized spacial score (nSPS) is 26.5. The molecule has 8 heteroatoms. The summed E-state index contributed by atoms with van der Waals surface area (Å²) in [7, 11) is 2.02. The molecule has 1 atom stereocenters. The Morgan fingerprint density at radius 2 is 1.67 bits per heavy atom. The van der Waals surface area contributed by atoms with Gasteiger partial charge in [-0.25, -0.2) is 0 Å². The SMILES string of the molecule is Cc1nnc(N2CCC(C3CCN(C(=O)[C@@H]4COCCN4C)CC3)CC2)o1. The molecule has 1 aromatic rings. The van der Waals surface area contributed by atoms with E-state index in [9.17, 15) is 4.79 Å². The van der Waals surface area contributed by atoms with Crippen molar-refractivity contribution in [3.05, 3.63) is 5.89 Å². The number of hydrogen-bond donors (Lipinski definition) is 0. The zero-order valence-electron chi connectivity index (χ0n) is 16.5. The average molecular weight is 377 g/mol. The lowest BCUT2D eigenvalue weighted by Crippen LogP contribution is -2.55. The molecular formula is C19H31N5O3. The Balaban J connectivity index is 1.24. The van der Waals surface area contributed by atoms with Crippen molar-refractivity contribution in [1.29, 1.82) is 0 Å². The monoisotopic (exact) mass is 377 g/mol. The highest BCUT2D eigenvalue weighted by molar-refractivity contribution is 5.82. The lowest BCUT2D eigenvalue weighted by Gasteiger charge is -2.41. The van der Waals surface area contributed by atoms with Crippen LogP contribution >= 0.6 is 0 Å². The van der Waals surface area contributed by atoms with Crippen LogP contribution in [0.2, 0.25) is 0 Å². The maximum absolute atomic E-state index is 12.8. The Kier molecular flexibility index (Phi) is 5.63. The number of carbonyl (C=O) groups is 1. The Bertz CT molecular complexity index is 635. The highest BCUT2D eigenvalue weighted by atomic mass is 16.5.